The summed E-state index contributed by atoms with van der Waals surface area (Å²) in [6, 6.07) is 17.2. The molecule has 4 aromatic rings. The minimum Gasteiger partial charge on any atom is -0.459 e. The fourth-order valence-electron chi connectivity index (χ4n) is 4.74. The van der Waals surface area contributed by atoms with Gasteiger partial charge >= 0.3 is 5.97 Å². The zero-order valence-corrected chi connectivity index (χ0v) is 21.5. The van der Waals surface area contributed by atoms with E-state index in [-0.39, 0.29) is 43.0 Å². The number of fused-ring (bicyclic) bond motifs is 2. The van der Waals surface area contributed by atoms with Gasteiger partial charge in [0, 0.05) is 5.56 Å². The first-order chi connectivity index (χ1) is 18.4. The molecule has 2 aromatic carbocycles. The molecule has 4 unspecified atom stereocenters. The Bertz CT molecular complexity index is 1470. The maximum atomic E-state index is 12.1. The number of esters is 1. The van der Waals surface area contributed by atoms with Gasteiger partial charge in [-0.2, -0.15) is 4.98 Å². The molecule has 0 radical (unpaired) electrons. The SMILES string of the molecule is CC(C)OC(=O)c1ccc(-c2ccc(-c3nc4nc(OC5COC6C(O)COC56)[nH]c4cc3Cl)cc2)cc1. The van der Waals surface area contributed by atoms with Crippen LogP contribution in [0.1, 0.15) is 24.2 Å². The second-order valence-electron chi connectivity index (χ2n) is 9.66. The average Bonchev–Trinajstić information content (AvgIpc) is 3.60. The first-order valence-electron chi connectivity index (χ1n) is 12.4. The van der Waals surface area contributed by atoms with Crippen molar-refractivity contribution in [2.45, 2.75) is 44.4 Å². The van der Waals surface area contributed by atoms with Gasteiger partial charge in [0.2, 0.25) is 0 Å². The molecular formula is C28H26ClN3O6. The first-order valence-corrected chi connectivity index (χ1v) is 12.8. The van der Waals surface area contributed by atoms with Crippen LogP contribution in [0.2, 0.25) is 5.02 Å². The predicted molar refractivity (Wildman–Crippen MR) is 140 cm³/mol. The van der Waals surface area contributed by atoms with Crippen molar-refractivity contribution in [1.82, 2.24) is 15.0 Å². The average molecular weight is 536 g/mol. The van der Waals surface area contributed by atoms with Crippen LogP contribution in [-0.2, 0) is 14.2 Å². The number of benzene rings is 2. The molecule has 0 spiro atoms. The number of aliphatic hydroxyl groups is 1. The summed E-state index contributed by atoms with van der Waals surface area (Å²) in [5, 5.41) is 10.4. The number of halogens is 1. The van der Waals surface area contributed by atoms with Crippen LogP contribution in [0.15, 0.2) is 54.6 Å². The molecular weight excluding hydrogens is 510 g/mol. The van der Waals surface area contributed by atoms with Crippen LogP contribution < -0.4 is 4.74 Å². The highest BCUT2D eigenvalue weighted by Gasteiger charge is 2.48. The van der Waals surface area contributed by atoms with E-state index in [0.29, 0.717) is 34.1 Å². The molecule has 2 aliphatic rings. The third-order valence-electron chi connectivity index (χ3n) is 6.60. The Morgan fingerprint density at radius 2 is 1.66 bits per heavy atom. The molecule has 196 valence electrons. The van der Waals surface area contributed by atoms with Crippen molar-refractivity contribution in [1.29, 1.82) is 0 Å². The molecule has 2 aliphatic heterocycles. The molecule has 0 aliphatic carbocycles. The van der Waals surface area contributed by atoms with Crippen molar-refractivity contribution in [2.75, 3.05) is 13.2 Å². The standard InChI is InChI=1S/C28H26ClN3O6/c1-14(2)37-27(34)18-9-5-16(6-10-18)15-3-7-17(8-4-15)23-19(29)11-20-26(31-23)32-28(30-20)38-22-13-36-24-21(33)12-35-25(22)24/h3-11,14,21-22,24-25,33H,12-13H2,1-2H3,(H,30,31,32). The molecule has 0 amide bonds. The summed E-state index contributed by atoms with van der Waals surface area (Å²) in [5.41, 5.74) is 5.02. The molecule has 38 heavy (non-hydrogen) atoms. The zero-order valence-electron chi connectivity index (χ0n) is 20.8. The number of hydrogen-bond donors (Lipinski definition) is 2. The van der Waals surface area contributed by atoms with Crippen LogP contribution in [0.3, 0.4) is 0 Å². The largest absolute Gasteiger partial charge is 0.459 e. The third kappa shape index (κ3) is 4.74. The maximum Gasteiger partial charge on any atom is 0.338 e. The Morgan fingerprint density at radius 1 is 1.00 bits per heavy atom. The lowest BCUT2D eigenvalue weighted by Gasteiger charge is -2.15. The van der Waals surface area contributed by atoms with E-state index in [4.69, 9.17) is 30.5 Å². The van der Waals surface area contributed by atoms with Crippen molar-refractivity contribution in [3.63, 3.8) is 0 Å². The fraction of sp³-hybridized carbons (Fsp3) is 0.321. The Morgan fingerprint density at radius 3 is 2.37 bits per heavy atom. The molecule has 4 heterocycles. The summed E-state index contributed by atoms with van der Waals surface area (Å²) >= 11 is 6.58. The van der Waals surface area contributed by atoms with E-state index in [2.05, 4.69) is 15.0 Å². The monoisotopic (exact) mass is 535 g/mol. The number of aliphatic hydroxyl groups excluding tert-OH is 1. The topological polar surface area (TPSA) is 116 Å². The Kier molecular flexibility index (Phi) is 6.53. The van der Waals surface area contributed by atoms with Gasteiger partial charge in [-0.25, -0.2) is 9.78 Å². The van der Waals surface area contributed by atoms with Crippen molar-refractivity contribution in [2.24, 2.45) is 0 Å². The van der Waals surface area contributed by atoms with E-state index in [9.17, 15) is 9.90 Å². The lowest BCUT2D eigenvalue weighted by Crippen LogP contribution is -2.34. The molecule has 2 N–H and O–H groups in total. The van der Waals surface area contributed by atoms with Gasteiger partial charge in [0.15, 0.2) is 11.8 Å². The molecule has 9 nitrogen and oxygen atoms in total. The third-order valence-corrected chi connectivity index (χ3v) is 6.89. The van der Waals surface area contributed by atoms with Gasteiger partial charge in [0.05, 0.1) is 41.1 Å². The van der Waals surface area contributed by atoms with Crippen molar-refractivity contribution in [3.8, 4) is 28.4 Å². The van der Waals surface area contributed by atoms with E-state index in [0.717, 1.165) is 16.7 Å². The minimum absolute atomic E-state index is 0.166. The number of ether oxygens (including phenoxy) is 4. The van der Waals surface area contributed by atoms with Crippen molar-refractivity contribution >= 4 is 28.7 Å². The van der Waals surface area contributed by atoms with Crippen LogP contribution in [0.25, 0.3) is 33.5 Å². The van der Waals surface area contributed by atoms with Gasteiger partial charge in [0.1, 0.15) is 18.3 Å². The second kappa shape index (κ2) is 9.99. The Labute approximate surface area is 223 Å². The summed E-state index contributed by atoms with van der Waals surface area (Å²) in [6.45, 7) is 4.18. The maximum absolute atomic E-state index is 12.1. The van der Waals surface area contributed by atoms with E-state index in [1.807, 2.05) is 50.2 Å². The van der Waals surface area contributed by atoms with Crippen LogP contribution in [0.4, 0.5) is 0 Å². The molecule has 2 fully saturated rings. The van der Waals surface area contributed by atoms with Gasteiger partial charge in [-0.3, -0.25) is 0 Å². The second-order valence-corrected chi connectivity index (χ2v) is 10.1. The lowest BCUT2D eigenvalue weighted by atomic mass is 10.0. The quantitative estimate of drug-likeness (QED) is 0.349. The van der Waals surface area contributed by atoms with Gasteiger partial charge in [-0.05, 0) is 43.2 Å². The number of hydrogen-bond acceptors (Lipinski definition) is 8. The smallest absolute Gasteiger partial charge is 0.338 e. The van der Waals surface area contributed by atoms with Crippen LogP contribution in [0, 0.1) is 0 Å². The van der Waals surface area contributed by atoms with E-state index in [1.54, 1.807) is 18.2 Å². The van der Waals surface area contributed by atoms with Gasteiger partial charge in [-0.15, -0.1) is 0 Å². The Balaban J connectivity index is 1.19. The lowest BCUT2D eigenvalue weighted by molar-refractivity contribution is 0.00706. The number of nitrogens with one attached hydrogen (secondary N) is 1. The molecule has 10 heteroatoms. The van der Waals surface area contributed by atoms with Crippen molar-refractivity contribution < 1.29 is 28.8 Å². The minimum atomic E-state index is -0.647. The summed E-state index contributed by atoms with van der Waals surface area (Å²) in [4.78, 5) is 24.3. The summed E-state index contributed by atoms with van der Waals surface area (Å²) in [5.74, 6) is -0.337. The van der Waals surface area contributed by atoms with E-state index < -0.39 is 6.10 Å². The number of imidazole rings is 1. The number of aromatic amines is 1. The molecule has 4 atom stereocenters. The predicted octanol–water partition coefficient (Wildman–Crippen LogP) is 4.42. The molecule has 6 rings (SSSR count). The number of aromatic nitrogens is 3. The highest BCUT2D eigenvalue weighted by Crippen LogP contribution is 2.33. The van der Waals surface area contributed by atoms with Gasteiger partial charge in [0.25, 0.3) is 6.01 Å². The van der Waals surface area contributed by atoms with Crippen LogP contribution >= 0.6 is 11.6 Å². The highest BCUT2D eigenvalue weighted by atomic mass is 35.5. The van der Waals surface area contributed by atoms with Gasteiger partial charge < -0.3 is 29.0 Å². The molecule has 2 saturated heterocycles. The zero-order chi connectivity index (χ0) is 26.4. The molecule has 0 saturated carbocycles. The Hall–Kier alpha value is -3.50. The number of H-pyrrole nitrogens is 1. The van der Waals surface area contributed by atoms with Crippen LogP contribution in [0.5, 0.6) is 6.01 Å². The summed E-state index contributed by atoms with van der Waals surface area (Å²) in [7, 11) is 0. The molecule has 0 bridgehead atoms. The highest BCUT2D eigenvalue weighted by molar-refractivity contribution is 6.33. The number of carbonyl (C=O) groups is 1. The fourth-order valence-corrected chi connectivity index (χ4v) is 5.00. The van der Waals surface area contributed by atoms with Crippen molar-refractivity contribution in [3.05, 3.63) is 65.2 Å². The number of rotatable bonds is 6. The first kappa shape index (κ1) is 24.8. The number of carbonyl (C=O) groups excluding carboxylic acids is 1. The summed E-state index contributed by atoms with van der Waals surface area (Å²) < 4.78 is 22.5. The molecule has 2 aromatic heterocycles. The number of nitrogens with zero attached hydrogens (tertiary/aromatic N) is 2. The summed E-state index contributed by atoms with van der Waals surface area (Å²) in [6.07, 6.45) is -1.91. The number of pyridine rings is 1. The van der Waals surface area contributed by atoms with Gasteiger partial charge in [-0.1, -0.05) is 48.0 Å². The van der Waals surface area contributed by atoms with E-state index in [1.165, 1.54) is 0 Å². The van der Waals surface area contributed by atoms with E-state index >= 15 is 0 Å². The normalized spacial score (nSPS) is 22.7. The van der Waals surface area contributed by atoms with Crippen LogP contribution in [-0.4, -0.2) is 69.8 Å².